The van der Waals surface area contributed by atoms with E-state index in [4.69, 9.17) is 0 Å². The summed E-state index contributed by atoms with van der Waals surface area (Å²) >= 11 is 0. The number of hydrogen-bond donors (Lipinski definition) is 1. The van der Waals surface area contributed by atoms with Crippen molar-refractivity contribution in [1.82, 2.24) is 14.7 Å². The minimum atomic E-state index is -3.61. The molecule has 3 rings (SSSR count). The summed E-state index contributed by atoms with van der Waals surface area (Å²) in [5.74, 6) is 0. The van der Waals surface area contributed by atoms with Crippen LogP contribution in [0.1, 0.15) is 36.2 Å². The molecule has 2 aromatic rings. The van der Waals surface area contributed by atoms with Crippen LogP contribution in [0.2, 0.25) is 0 Å². The lowest BCUT2D eigenvalue weighted by Crippen LogP contribution is -2.29. The van der Waals surface area contributed by atoms with Crippen LogP contribution in [0.5, 0.6) is 0 Å². The quantitative estimate of drug-likeness (QED) is 0.888. The lowest BCUT2D eigenvalue weighted by Gasteiger charge is -2.26. The van der Waals surface area contributed by atoms with Crippen LogP contribution in [-0.2, 0) is 23.6 Å². The van der Waals surface area contributed by atoms with Gasteiger partial charge in [0.15, 0.2) is 0 Å². The highest BCUT2D eigenvalue weighted by molar-refractivity contribution is 7.92. The molecule has 1 fully saturated rings. The van der Waals surface area contributed by atoms with Crippen molar-refractivity contribution in [1.29, 1.82) is 0 Å². The summed E-state index contributed by atoms with van der Waals surface area (Å²) in [7, 11) is -1.81. The number of aromatic nitrogens is 2. The van der Waals surface area contributed by atoms with Gasteiger partial charge in [0.2, 0.25) is 0 Å². The van der Waals surface area contributed by atoms with E-state index in [1.165, 1.54) is 19.3 Å². The molecule has 0 bridgehead atoms. The first-order valence-electron chi connectivity index (χ1n) is 8.71. The number of piperidine rings is 1. The molecule has 136 valence electrons. The van der Waals surface area contributed by atoms with Crippen LogP contribution in [0.4, 0.5) is 5.69 Å². The molecule has 0 radical (unpaired) electrons. The van der Waals surface area contributed by atoms with Crippen molar-refractivity contribution >= 4 is 15.7 Å². The fraction of sp³-hybridized carbons (Fsp3) is 0.500. The van der Waals surface area contributed by atoms with Gasteiger partial charge < -0.3 is 0 Å². The van der Waals surface area contributed by atoms with Gasteiger partial charge in [0.25, 0.3) is 10.0 Å². The Labute approximate surface area is 149 Å². The van der Waals surface area contributed by atoms with Gasteiger partial charge in [-0.2, -0.15) is 5.10 Å². The molecule has 0 atom stereocenters. The molecule has 0 spiro atoms. The molecule has 1 aliphatic heterocycles. The Bertz CT molecular complexity index is 835. The van der Waals surface area contributed by atoms with Gasteiger partial charge in [-0.3, -0.25) is 14.3 Å². The Morgan fingerprint density at radius 2 is 1.72 bits per heavy atom. The zero-order valence-corrected chi connectivity index (χ0v) is 15.9. The van der Waals surface area contributed by atoms with Crippen molar-refractivity contribution in [3.05, 3.63) is 41.2 Å². The number of anilines is 1. The molecule has 1 aromatic heterocycles. The molecule has 1 aromatic carbocycles. The maximum atomic E-state index is 12.7. The molecule has 1 aliphatic rings. The van der Waals surface area contributed by atoms with Crippen LogP contribution >= 0.6 is 0 Å². The third-order valence-corrected chi connectivity index (χ3v) is 6.20. The van der Waals surface area contributed by atoms with E-state index in [0.717, 1.165) is 30.9 Å². The van der Waals surface area contributed by atoms with Gasteiger partial charge in [0.05, 0.1) is 22.0 Å². The van der Waals surface area contributed by atoms with Crippen molar-refractivity contribution in [2.24, 2.45) is 7.05 Å². The summed E-state index contributed by atoms with van der Waals surface area (Å²) in [6.07, 6.45) is 3.81. The van der Waals surface area contributed by atoms with Gasteiger partial charge in [-0.25, -0.2) is 8.42 Å². The second kappa shape index (κ2) is 7.17. The van der Waals surface area contributed by atoms with Gasteiger partial charge in [0.1, 0.15) is 0 Å². The third-order valence-electron chi connectivity index (χ3n) is 4.83. The second-order valence-corrected chi connectivity index (χ2v) is 8.44. The molecular weight excluding hydrogens is 336 g/mol. The number of aryl methyl sites for hydroxylation is 2. The predicted octanol–water partition coefficient (Wildman–Crippen LogP) is 2.82. The standard InChI is InChI=1S/C18H26N4O2S/c1-14-18(15(2)21(3)19-14)20-25(23,24)17-9-7-16(8-10-17)13-22-11-5-4-6-12-22/h7-10,20H,4-6,11-13H2,1-3H3. The summed E-state index contributed by atoms with van der Waals surface area (Å²) in [6, 6.07) is 7.18. The average molecular weight is 362 g/mol. The summed E-state index contributed by atoms with van der Waals surface area (Å²) in [4.78, 5) is 2.70. The smallest absolute Gasteiger partial charge is 0.262 e. The lowest BCUT2D eigenvalue weighted by atomic mass is 10.1. The topological polar surface area (TPSA) is 67.2 Å². The van der Waals surface area contributed by atoms with Gasteiger partial charge in [-0.05, 0) is 57.5 Å². The van der Waals surface area contributed by atoms with E-state index >= 15 is 0 Å². The highest BCUT2D eigenvalue weighted by Gasteiger charge is 2.19. The number of nitrogens with one attached hydrogen (secondary N) is 1. The van der Waals surface area contributed by atoms with E-state index in [2.05, 4.69) is 14.7 Å². The summed E-state index contributed by atoms with van der Waals surface area (Å²) in [5, 5.41) is 4.25. The Kier molecular flexibility index (Phi) is 5.15. The molecule has 7 heteroatoms. The number of likely N-dealkylation sites (tertiary alicyclic amines) is 1. The summed E-state index contributed by atoms with van der Waals surface area (Å²) < 4.78 is 29.7. The average Bonchev–Trinajstić information content (AvgIpc) is 2.82. The van der Waals surface area contributed by atoms with Gasteiger partial charge in [-0.1, -0.05) is 18.6 Å². The van der Waals surface area contributed by atoms with E-state index in [1.54, 1.807) is 30.8 Å². The van der Waals surface area contributed by atoms with Gasteiger partial charge >= 0.3 is 0 Å². The molecule has 0 amide bonds. The normalized spacial score (nSPS) is 16.1. The zero-order valence-electron chi connectivity index (χ0n) is 15.1. The highest BCUT2D eigenvalue weighted by atomic mass is 32.2. The van der Waals surface area contributed by atoms with Gasteiger partial charge in [0, 0.05) is 13.6 Å². The fourth-order valence-corrected chi connectivity index (χ4v) is 4.44. The van der Waals surface area contributed by atoms with Crippen LogP contribution in [0, 0.1) is 13.8 Å². The van der Waals surface area contributed by atoms with Crippen LogP contribution in [-0.4, -0.2) is 36.2 Å². The van der Waals surface area contributed by atoms with Crippen LogP contribution < -0.4 is 4.72 Å². The largest absolute Gasteiger partial charge is 0.299 e. The van der Waals surface area contributed by atoms with E-state index in [9.17, 15) is 8.42 Å². The molecular formula is C18H26N4O2S. The van der Waals surface area contributed by atoms with Crippen molar-refractivity contribution in [3.8, 4) is 0 Å². The molecule has 0 aliphatic carbocycles. The van der Waals surface area contributed by atoms with E-state index < -0.39 is 10.0 Å². The molecule has 6 nitrogen and oxygen atoms in total. The third kappa shape index (κ3) is 4.04. The highest BCUT2D eigenvalue weighted by Crippen LogP contribution is 2.23. The summed E-state index contributed by atoms with van der Waals surface area (Å²) in [6.45, 7) is 6.78. The van der Waals surface area contributed by atoms with Crippen LogP contribution in [0.3, 0.4) is 0 Å². The number of hydrogen-bond acceptors (Lipinski definition) is 4. The first-order valence-corrected chi connectivity index (χ1v) is 10.2. The Morgan fingerprint density at radius 3 is 2.28 bits per heavy atom. The monoisotopic (exact) mass is 362 g/mol. The molecule has 0 unspecified atom stereocenters. The Morgan fingerprint density at radius 1 is 1.08 bits per heavy atom. The molecule has 2 heterocycles. The summed E-state index contributed by atoms with van der Waals surface area (Å²) in [5.41, 5.74) is 3.17. The minimum absolute atomic E-state index is 0.276. The Balaban J connectivity index is 1.74. The van der Waals surface area contributed by atoms with Gasteiger partial charge in [-0.15, -0.1) is 0 Å². The van der Waals surface area contributed by atoms with Crippen molar-refractivity contribution < 1.29 is 8.42 Å². The number of sulfonamides is 1. The molecule has 0 saturated carbocycles. The number of nitrogens with zero attached hydrogens (tertiary/aromatic N) is 3. The predicted molar refractivity (Wildman–Crippen MR) is 99.1 cm³/mol. The maximum absolute atomic E-state index is 12.7. The number of rotatable bonds is 5. The van der Waals surface area contributed by atoms with E-state index in [1.807, 2.05) is 19.1 Å². The molecule has 25 heavy (non-hydrogen) atoms. The minimum Gasteiger partial charge on any atom is -0.299 e. The first kappa shape index (κ1) is 17.9. The first-order chi connectivity index (χ1) is 11.9. The second-order valence-electron chi connectivity index (χ2n) is 6.76. The zero-order chi connectivity index (χ0) is 18.0. The van der Waals surface area contributed by atoms with Crippen molar-refractivity contribution in [2.75, 3.05) is 17.8 Å². The SMILES string of the molecule is Cc1nn(C)c(C)c1NS(=O)(=O)c1ccc(CN2CCCCC2)cc1. The molecule has 1 N–H and O–H groups in total. The fourth-order valence-electron chi connectivity index (χ4n) is 3.26. The van der Waals surface area contributed by atoms with Crippen LogP contribution in [0.15, 0.2) is 29.2 Å². The van der Waals surface area contributed by atoms with E-state index in [0.29, 0.717) is 11.4 Å². The number of benzene rings is 1. The van der Waals surface area contributed by atoms with Crippen molar-refractivity contribution in [3.63, 3.8) is 0 Å². The molecule has 1 saturated heterocycles. The Hall–Kier alpha value is -1.86. The van der Waals surface area contributed by atoms with Crippen LogP contribution in [0.25, 0.3) is 0 Å². The van der Waals surface area contributed by atoms with E-state index in [-0.39, 0.29) is 4.90 Å². The van der Waals surface area contributed by atoms with Crippen molar-refractivity contribution in [2.45, 2.75) is 44.6 Å². The maximum Gasteiger partial charge on any atom is 0.262 e. The lowest BCUT2D eigenvalue weighted by molar-refractivity contribution is 0.221.